The molecule has 2 aromatic heterocycles. The van der Waals surface area contributed by atoms with Gasteiger partial charge in [-0.3, -0.25) is 0 Å². The first kappa shape index (κ1) is 35.5. The van der Waals surface area contributed by atoms with Crippen LogP contribution in [-0.4, -0.2) is 16.1 Å². The fraction of sp³-hybridized carbons (Fsp3) is 0.0526. The molecule has 61 heavy (non-hydrogen) atoms. The number of nitrogens with zero attached hydrogens (tertiary/aromatic N) is 3. The lowest BCUT2D eigenvalue weighted by atomic mass is 9.90. The van der Waals surface area contributed by atoms with Crippen LogP contribution in [0.2, 0.25) is 0 Å². The first-order valence-electron chi connectivity index (χ1n) is 21.0. The van der Waals surface area contributed by atoms with Crippen LogP contribution < -0.4 is 0 Å². The molecule has 0 radical (unpaired) electrons. The Morgan fingerprint density at radius 3 is 1.98 bits per heavy atom. The number of para-hydroxylation sites is 1. The highest BCUT2D eigenvalue weighted by Gasteiger charge is 2.25. The van der Waals surface area contributed by atoms with E-state index in [-0.39, 0.29) is 5.92 Å². The molecule has 0 fully saturated rings. The molecule has 0 amide bonds. The fourth-order valence-corrected chi connectivity index (χ4v) is 10.6. The Balaban J connectivity index is 1.16. The molecule has 3 nitrogen and oxygen atoms in total. The van der Waals surface area contributed by atoms with Crippen LogP contribution in [0.5, 0.6) is 0 Å². The van der Waals surface area contributed by atoms with Gasteiger partial charge < -0.3 is 4.57 Å². The van der Waals surface area contributed by atoms with E-state index in [0.29, 0.717) is 5.84 Å². The van der Waals surface area contributed by atoms with Crippen molar-refractivity contribution in [2.75, 3.05) is 0 Å². The highest BCUT2D eigenvalue weighted by atomic mass is 32.1. The van der Waals surface area contributed by atoms with Crippen molar-refractivity contribution in [2.24, 2.45) is 15.9 Å². The molecule has 1 unspecified atom stereocenters. The second-order valence-electron chi connectivity index (χ2n) is 16.1. The Kier molecular flexibility index (Phi) is 8.39. The predicted molar refractivity (Wildman–Crippen MR) is 262 cm³/mol. The number of aliphatic imine (C=N–C) groups is 2. The summed E-state index contributed by atoms with van der Waals surface area (Å²) in [5.74, 6) is 0.812. The Morgan fingerprint density at radius 1 is 0.492 bits per heavy atom. The molecule has 1 aliphatic rings. The molecule has 0 spiro atoms. The molecule has 0 bridgehead atoms. The van der Waals surface area contributed by atoms with Gasteiger partial charge in [0.1, 0.15) is 0 Å². The molecule has 0 aliphatic carbocycles. The molecular weight excluding hydrogens is 759 g/mol. The minimum Gasteiger partial charge on any atom is -0.309 e. The Bertz CT molecular complexity index is 3620. The lowest BCUT2D eigenvalue weighted by Crippen LogP contribution is -2.17. The van der Waals surface area contributed by atoms with Crippen molar-refractivity contribution in [1.29, 1.82) is 0 Å². The van der Waals surface area contributed by atoms with Crippen LogP contribution >= 0.6 is 11.3 Å². The summed E-state index contributed by atoms with van der Waals surface area (Å²) in [5, 5.41) is 9.81. The van der Waals surface area contributed by atoms with Crippen LogP contribution in [0.1, 0.15) is 30.0 Å². The van der Waals surface area contributed by atoms with Gasteiger partial charge in [-0.05, 0) is 75.5 Å². The molecule has 3 heterocycles. The number of hydrogen-bond donors (Lipinski definition) is 0. The minimum atomic E-state index is 0.108. The van der Waals surface area contributed by atoms with Crippen molar-refractivity contribution >= 4 is 92.1 Å². The van der Waals surface area contributed by atoms with Gasteiger partial charge in [0.25, 0.3) is 0 Å². The largest absolute Gasteiger partial charge is 0.309 e. The number of hydrogen-bond acceptors (Lipinski definition) is 3. The summed E-state index contributed by atoms with van der Waals surface area (Å²) in [7, 11) is 0. The molecular formula is C57H39N3S. The molecule has 1 atom stereocenters. The van der Waals surface area contributed by atoms with E-state index >= 15 is 0 Å². The molecule has 4 heteroatoms. The zero-order valence-corrected chi connectivity index (χ0v) is 34.4. The summed E-state index contributed by atoms with van der Waals surface area (Å²) in [5.41, 5.74) is 11.0. The van der Waals surface area contributed by atoms with E-state index in [1.165, 1.54) is 69.1 Å². The van der Waals surface area contributed by atoms with Crippen LogP contribution in [0.15, 0.2) is 210 Å². The number of allylic oxidation sites excluding steroid dienone is 1. The van der Waals surface area contributed by atoms with E-state index in [4.69, 9.17) is 9.98 Å². The van der Waals surface area contributed by atoms with Crippen molar-refractivity contribution in [3.8, 4) is 16.8 Å². The number of fused-ring (bicyclic) bond motifs is 8. The third-order valence-electron chi connectivity index (χ3n) is 12.5. The molecule has 0 N–H and O–H groups in total. The molecule has 9 aromatic carbocycles. The second-order valence-corrected chi connectivity index (χ2v) is 17.2. The van der Waals surface area contributed by atoms with E-state index in [9.17, 15) is 0 Å². The number of aromatic nitrogens is 1. The lowest BCUT2D eigenvalue weighted by molar-refractivity contribution is 0.791. The number of thiophene rings is 1. The van der Waals surface area contributed by atoms with Gasteiger partial charge in [-0.2, -0.15) is 0 Å². The van der Waals surface area contributed by atoms with E-state index in [1.54, 1.807) is 0 Å². The maximum absolute atomic E-state index is 5.77. The van der Waals surface area contributed by atoms with Crippen molar-refractivity contribution in [3.63, 3.8) is 0 Å². The fourth-order valence-electron chi connectivity index (χ4n) is 9.48. The zero-order chi connectivity index (χ0) is 40.4. The normalized spacial score (nSPS) is 17.3. The topological polar surface area (TPSA) is 29.6 Å². The molecule has 0 saturated heterocycles. The predicted octanol–water partition coefficient (Wildman–Crippen LogP) is 15.4. The van der Waals surface area contributed by atoms with Crippen LogP contribution in [0.3, 0.4) is 0 Å². The van der Waals surface area contributed by atoms with Gasteiger partial charge in [0.15, 0.2) is 5.84 Å². The average Bonchev–Trinajstić information content (AvgIpc) is 3.85. The quantitative estimate of drug-likeness (QED) is 0.166. The first-order valence-corrected chi connectivity index (χ1v) is 21.9. The van der Waals surface area contributed by atoms with Crippen LogP contribution in [0.4, 0.5) is 0 Å². The highest BCUT2D eigenvalue weighted by molar-refractivity contribution is 7.25. The van der Waals surface area contributed by atoms with Gasteiger partial charge in [-0.1, -0.05) is 171 Å². The number of benzene rings is 9. The summed E-state index contributed by atoms with van der Waals surface area (Å²) in [6.07, 6.45) is 3.16. The van der Waals surface area contributed by atoms with E-state index in [0.717, 1.165) is 45.8 Å². The van der Waals surface area contributed by atoms with Crippen molar-refractivity contribution in [3.05, 3.63) is 217 Å². The SMILES string of the molecule is CC1C/C=C(c2c(-n3c4ccccc4c4cc5ccccc5cc43)ccc3sc4ccccc4c23)/N=C(c2ccc(-c3ccccc3)cc2)\N=C/1c1cccc2ccccc12. The van der Waals surface area contributed by atoms with E-state index < -0.39 is 0 Å². The molecule has 1 aliphatic heterocycles. The summed E-state index contributed by atoms with van der Waals surface area (Å²) < 4.78 is 4.99. The van der Waals surface area contributed by atoms with E-state index in [1.807, 2.05) is 11.3 Å². The summed E-state index contributed by atoms with van der Waals surface area (Å²) in [6.45, 7) is 2.32. The Hall–Kier alpha value is -7.40. The second kappa shape index (κ2) is 14.4. The van der Waals surface area contributed by atoms with Crippen molar-refractivity contribution in [2.45, 2.75) is 13.3 Å². The van der Waals surface area contributed by atoms with Crippen molar-refractivity contribution < 1.29 is 0 Å². The smallest absolute Gasteiger partial charge is 0.160 e. The zero-order valence-electron chi connectivity index (χ0n) is 33.6. The summed E-state index contributed by atoms with van der Waals surface area (Å²) in [4.78, 5) is 11.4. The van der Waals surface area contributed by atoms with Gasteiger partial charge in [0, 0.05) is 53.6 Å². The van der Waals surface area contributed by atoms with Crippen LogP contribution in [-0.2, 0) is 0 Å². The Morgan fingerprint density at radius 2 is 1.15 bits per heavy atom. The number of rotatable bonds is 5. The first-order chi connectivity index (χ1) is 30.2. The molecule has 11 aromatic rings. The summed E-state index contributed by atoms with van der Waals surface area (Å²) in [6, 6.07) is 70.3. The average molecular weight is 798 g/mol. The van der Waals surface area contributed by atoms with Gasteiger partial charge in [0.05, 0.1) is 28.1 Å². The maximum atomic E-state index is 5.77. The molecule has 0 saturated carbocycles. The lowest BCUT2D eigenvalue weighted by Gasteiger charge is -2.21. The minimum absolute atomic E-state index is 0.108. The molecule has 288 valence electrons. The monoisotopic (exact) mass is 797 g/mol. The van der Waals surface area contributed by atoms with Crippen LogP contribution in [0, 0.1) is 5.92 Å². The van der Waals surface area contributed by atoms with Gasteiger partial charge in [-0.25, -0.2) is 9.98 Å². The Labute approximate surface area is 357 Å². The third kappa shape index (κ3) is 5.94. The number of amidine groups is 1. The van der Waals surface area contributed by atoms with Gasteiger partial charge >= 0.3 is 0 Å². The highest BCUT2D eigenvalue weighted by Crippen LogP contribution is 2.45. The third-order valence-corrected chi connectivity index (χ3v) is 13.6. The standard InChI is InChI=1S/C57H39N3S/c1-36-26-31-48(58-57(40-29-27-38(28-30-40)37-14-3-2-4-15-37)59-56(36)45-23-13-19-39-16-7-8-20-43(39)45)55-50(32-33-53-54(55)46-22-10-12-25-52(46)61-53)60-49-24-11-9-21-44(49)47-34-41-17-5-6-18-42(41)35-51(47)60/h2-25,27-36H,26H2,1H3/b48-31+,58-57-,59-56+. The van der Waals surface area contributed by atoms with Crippen molar-refractivity contribution in [1.82, 2.24) is 4.57 Å². The summed E-state index contributed by atoms with van der Waals surface area (Å²) >= 11 is 1.85. The van der Waals surface area contributed by atoms with Gasteiger partial charge in [-0.15, -0.1) is 11.3 Å². The van der Waals surface area contributed by atoms with E-state index in [2.05, 4.69) is 212 Å². The van der Waals surface area contributed by atoms with Crippen LogP contribution in [0.25, 0.3) is 86.0 Å². The maximum Gasteiger partial charge on any atom is 0.160 e. The van der Waals surface area contributed by atoms with Gasteiger partial charge in [0.2, 0.25) is 0 Å². The molecule has 12 rings (SSSR count).